The third kappa shape index (κ3) is 3.13. The summed E-state index contributed by atoms with van der Waals surface area (Å²) in [4.78, 5) is 0. The summed E-state index contributed by atoms with van der Waals surface area (Å²) in [5, 5.41) is 3.28. The van der Waals surface area contributed by atoms with Crippen molar-refractivity contribution in [1.29, 1.82) is 0 Å². The SMILES string of the molecule is FC(F)(F)c1ccc(CNC2(CCl)CC2)cc1. The number of hydrogen-bond acceptors (Lipinski definition) is 1. The van der Waals surface area contributed by atoms with Crippen LogP contribution in [-0.4, -0.2) is 11.4 Å². The lowest BCUT2D eigenvalue weighted by molar-refractivity contribution is -0.137. The highest BCUT2D eigenvalue weighted by Gasteiger charge is 2.41. The quantitative estimate of drug-likeness (QED) is 0.819. The lowest BCUT2D eigenvalue weighted by Crippen LogP contribution is -2.32. The number of halogens is 4. The van der Waals surface area contributed by atoms with Gasteiger partial charge in [0, 0.05) is 18.0 Å². The van der Waals surface area contributed by atoms with Crippen LogP contribution in [0, 0.1) is 0 Å². The fourth-order valence-corrected chi connectivity index (χ4v) is 1.97. The van der Waals surface area contributed by atoms with Gasteiger partial charge < -0.3 is 5.32 Å². The van der Waals surface area contributed by atoms with Crippen LogP contribution in [0.1, 0.15) is 24.0 Å². The molecule has 0 radical (unpaired) electrons. The number of alkyl halides is 4. The molecule has 2 rings (SSSR count). The molecule has 0 heterocycles. The molecule has 17 heavy (non-hydrogen) atoms. The third-order valence-corrected chi connectivity index (χ3v) is 3.57. The van der Waals surface area contributed by atoms with E-state index in [1.165, 1.54) is 12.1 Å². The molecular formula is C12H13ClF3N. The average Bonchev–Trinajstić information content (AvgIpc) is 3.06. The molecule has 0 amide bonds. The molecule has 1 nitrogen and oxygen atoms in total. The van der Waals surface area contributed by atoms with E-state index in [-0.39, 0.29) is 5.54 Å². The first kappa shape index (κ1) is 12.7. The smallest absolute Gasteiger partial charge is 0.306 e. The summed E-state index contributed by atoms with van der Waals surface area (Å²) in [5.74, 6) is 0.549. The van der Waals surface area contributed by atoms with E-state index < -0.39 is 11.7 Å². The van der Waals surface area contributed by atoms with Crippen molar-refractivity contribution in [3.63, 3.8) is 0 Å². The zero-order valence-corrected chi connectivity index (χ0v) is 9.91. The second-order valence-corrected chi connectivity index (χ2v) is 4.73. The van der Waals surface area contributed by atoms with Gasteiger partial charge in [0.05, 0.1) is 5.56 Å². The van der Waals surface area contributed by atoms with E-state index in [1.807, 2.05) is 0 Å². The second kappa shape index (κ2) is 4.50. The zero-order chi connectivity index (χ0) is 12.5. The lowest BCUT2D eigenvalue weighted by Gasteiger charge is -2.14. The molecule has 0 atom stereocenters. The van der Waals surface area contributed by atoms with Crippen LogP contribution in [0.4, 0.5) is 13.2 Å². The van der Waals surface area contributed by atoms with E-state index in [0.717, 1.165) is 30.5 Å². The van der Waals surface area contributed by atoms with Crippen LogP contribution in [0.2, 0.25) is 0 Å². The predicted molar refractivity (Wildman–Crippen MR) is 61.0 cm³/mol. The monoisotopic (exact) mass is 263 g/mol. The van der Waals surface area contributed by atoms with Crippen LogP contribution in [-0.2, 0) is 12.7 Å². The van der Waals surface area contributed by atoms with Gasteiger partial charge in [-0.3, -0.25) is 0 Å². The van der Waals surface area contributed by atoms with E-state index in [9.17, 15) is 13.2 Å². The molecule has 0 aromatic heterocycles. The topological polar surface area (TPSA) is 12.0 Å². The number of hydrogen-bond donors (Lipinski definition) is 1. The summed E-state index contributed by atoms with van der Waals surface area (Å²) >= 11 is 5.80. The molecule has 1 aliphatic carbocycles. The Morgan fingerprint density at radius 3 is 2.18 bits per heavy atom. The average molecular weight is 264 g/mol. The van der Waals surface area contributed by atoms with Gasteiger partial charge in [-0.25, -0.2) is 0 Å². The summed E-state index contributed by atoms with van der Waals surface area (Å²) < 4.78 is 37.0. The Hall–Kier alpha value is -0.740. The summed E-state index contributed by atoms with van der Waals surface area (Å²) in [6, 6.07) is 5.22. The van der Waals surface area contributed by atoms with Gasteiger partial charge in [-0.15, -0.1) is 11.6 Å². The molecule has 0 saturated heterocycles. The number of benzene rings is 1. The summed E-state index contributed by atoms with van der Waals surface area (Å²) in [6.45, 7) is 0.560. The van der Waals surface area contributed by atoms with E-state index in [1.54, 1.807) is 0 Å². The molecule has 5 heteroatoms. The highest BCUT2D eigenvalue weighted by Crippen LogP contribution is 2.36. The number of nitrogens with one attached hydrogen (secondary N) is 1. The van der Waals surface area contributed by atoms with Gasteiger partial charge in [0.25, 0.3) is 0 Å². The Morgan fingerprint density at radius 1 is 1.18 bits per heavy atom. The van der Waals surface area contributed by atoms with Crippen LogP contribution in [0.15, 0.2) is 24.3 Å². The third-order valence-electron chi connectivity index (χ3n) is 3.06. The fourth-order valence-electron chi connectivity index (χ4n) is 1.61. The van der Waals surface area contributed by atoms with E-state index in [4.69, 9.17) is 11.6 Å². The maximum atomic E-state index is 12.3. The van der Waals surface area contributed by atoms with Gasteiger partial charge in [-0.05, 0) is 30.5 Å². The maximum Gasteiger partial charge on any atom is 0.416 e. The van der Waals surface area contributed by atoms with Gasteiger partial charge in [0.15, 0.2) is 0 Å². The van der Waals surface area contributed by atoms with Crippen molar-refractivity contribution >= 4 is 11.6 Å². The Balaban J connectivity index is 1.94. The molecular weight excluding hydrogens is 251 g/mol. The van der Waals surface area contributed by atoms with E-state index in [0.29, 0.717) is 12.4 Å². The molecule has 1 fully saturated rings. The second-order valence-electron chi connectivity index (χ2n) is 4.46. The first-order chi connectivity index (χ1) is 7.95. The Labute approximate surface area is 103 Å². The Morgan fingerprint density at radius 2 is 1.76 bits per heavy atom. The van der Waals surface area contributed by atoms with Crippen LogP contribution in [0.3, 0.4) is 0 Å². The van der Waals surface area contributed by atoms with Crippen LogP contribution < -0.4 is 5.32 Å². The Bertz CT molecular complexity index is 382. The summed E-state index contributed by atoms with van der Waals surface area (Å²) in [7, 11) is 0. The minimum absolute atomic E-state index is 0.0181. The van der Waals surface area contributed by atoms with Crippen LogP contribution >= 0.6 is 11.6 Å². The molecule has 1 aromatic rings. The van der Waals surface area contributed by atoms with Crippen molar-refractivity contribution in [2.75, 3.05) is 5.88 Å². The molecule has 0 unspecified atom stereocenters. The molecule has 94 valence electrons. The normalized spacial score (nSPS) is 18.1. The summed E-state index contributed by atoms with van der Waals surface area (Å²) in [5.41, 5.74) is 0.249. The minimum Gasteiger partial charge on any atom is -0.306 e. The minimum atomic E-state index is -4.26. The lowest BCUT2D eigenvalue weighted by atomic mass is 10.1. The van der Waals surface area contributed by atoms with Crippen LogP contribution in [0.5, 0.6) is 0 Å². The van der Waals surface area contributed by atoms with E-state index in [2.05, 4.69) is 5.32 Å². The first-order valence-corrected chi connectivity index (χ1v) is 5.96. The summed E-state index contributed by atoms with van der Waals surface area (Å²) in [6.07, 6.45) is -2.19. The molecule has 1 N–H and O–H groups in total. The van der Waals surface area contributed by atoms with Crippen molar-refractivity contribution in [1.82, 2.24) is 5.32 Å². The van der Waals surface area contributed by atoms with Gasteiger partial charge in [-0.2, -0.15) is 13.2 Å². The predicted octanol–water partition coefficient (Wildman–Crippen LogP) is 3.57. The largest absolute Gasteiger partial charge is 0.416 e. The standard InChI is InChI=1S/C12H13ClF3N/c13-8-11(5-6-11)17-7-9-1-3-10(4-2-9)12(14,15)16/h1-4,17H,5-8H2. The van der Waals surface area contributed by atoms with Gasteiger partial charge in [-0.1, -0.05) is 12.1 Å². The van der Waals surface area contributed by atoms with Crippen molar-refractivity contribution in [3.8, 4) is 0 Å². The molecule has 1 saturated carbocycles. The first-order valence-electron chi connectivity index (χ1n) is 5.42. The highest BCUT2D eigenvalue weighted by atomic mass is 35.5. The zero-order valence-electron chi connectivity index (χ0n) is 9.15. The van der Waals surface area contributed by atoms with Gasteiger partial charge >= 0.3 is 6.18 Å². The number of rotatable bonds is 4. The molecule has 0 spiro atoms. The van der Waals surface area contributed by atoms with Crippen molar-refractivity contribution in [2.24, 2.45) is 0 Å². The van der Waals surface area contributed by atoms with Crippen molar-refractivity contribution < 1.29 is 13.2 Å². The Kier molecular flexibility index (Phi) is 3.36. The molecule has 1 aromatic carbocycles. The highest BCUT2D eigenvalue weighted by molar-refractivity contribution is 6.18. The van der Waals surface area contributed by atoms with Crippen LogP contribution in [0.25, 0.3) is 0 Å². The molecule has 0 bridgehead atoms. The van der Waals surface area contributed by atoms with E-state index >= 15 is 0 Å². The molecule has 0 aliphatic heterocycles. The van der Waals surface area contributed by atoms with Gasteiger partial charge in [0.2, 0.25) is 0 Å². The van der Waals surface area contributed by atoms with Crippen molar-refractivity contribution in [2.45, 2.75) is 31.1 Å². The van der Waals surface area contributed by atoms with Gasteiger partial charge in [0.1, 0.15) is 0 Å². The maximum absolute atomic E-state index is 12.3. The fraction of sp³-hybridized carbons (Fsp3) is 0.500. The van der Waals surface area contributed by atoms with Crippen molar-refractivity contribution in [3.05, 3.63) is 35.4 Å². The molecule has 1 aliphatic rings.